The molecule has 3 heteroatoms. The van der Waals surface area contributed by atoms with E-state index >= 15 is 0 Å². The van der Waals surface area contributed by atoms with Crippen LogP contribution in [-0.4, -0.2) is 18.7 Å². The number of amides is 1. The Kier molecular flexibility index (Phi) is 6.37. The monoisotopic (exact) mass is 363 g/mol. The first kappa shape index (κ1) is 20.6. The average Bonchev–Trinajstić information content (AvgIpc) is 2.59. The smallest absolute Gasteiger partial charge is 0.225 e. The van der Waals surface area contributed by atoms with Crippen molar-refractivity contribution in [2.45, 2.75) is 41.5 Å². The first-order valence-electron chi connectivity index (χ1n) is 9.25. The van der Waals surface area contributed by atoms with Gasteiger partial charge >= 0.3 is 0 Å². The van der Waals surface area contributed by atoms with E-state index in [1.165, 1.54) is 5.56 Å². The predicted molar refractivity (Wildman–Crippen MR) is 112 cm³/mol. The summed E-state index contributed by atoms with van der Waals surface area (Å²) >= 11 is 0. The molecule has 27 heavy (non-hydrogen) atoms. The molecule has 2 aromatic carbocycles. The SMILES string of the molecule is Cc1cc(C)c(/C(=C(\C=O)CNC(=O)C(C)(C)C)c2ccccc2)c(C)c1. The van der Waals surface area contributed by atoms with E-state index in [4.69, 9.17) is 0 Å². The maximum Gasteiger partial charge on any atom is 0.225 e. The van der Waals surface area contributed by atoms with Crippen LogP contribution in [0.25, 0.3) is 5.57 Å². The highest BCUT2D eigenvalue weighted by Gasteiger charge is 2.22. The van der Waals surface area contributed by atoms with E-state index in [0.29, 0.717) is 5.57 Å². The van der Waals surface area contributed by atoms with E-state index in [2.05, 4.69) is 38.2 Å². The minimum absolute atomic E-state index is 0.0772. The van der Waals surface area contributed by atoms with Crippen LogP contribution in [-0.2, 0) is 9.59 Å². The van der Waals surface area contributed by atoms with Crippen molar-refractivity contribution in [3.8, 4) is 0 Å². The molecule has 2 aromatic rings. The fourth-order valence-corrected chi connectivity index (χ4v) is 3.30. The lowest BCUT2D eigenvalue weighted by molar-refractivity contribution is -0.128. The van der Waals surface area contributed by atoms with Gasteiger partial charge in [-0.05, 0) is 48.6 Å². The second-order valence-electron chi connectivity index (χ2n) is 8.09. The number of aryl methyl sites for hydroxylation is 3. The zero-order valence-electron chi connectivity index (χ0n) is 17.1. The van der Waals surface area contributed by atoms with Crippen LogP contribution >= 0.6 is 0 Å². The zero-order valence-corrected chi connectivity index (χ0v) is 17.1. The predicted octanol–water partition coefficient (Wildman–Crippen LogP) is 4.77. The van der Waals surface area contributed by atoms with E-state index in [1.54, 1.807) is 0 Å². The fourth-order valence-electron chi connectivity index (χ4n) is 3.30. The molecule has 0 saturated carbocycles. The number of carbonyl (C=O) groups is 2. The van der Waals surface area contributed by atoms with Crippen LogP contribution in [0, 0.1) is 26.2 Å². The third kappa shape index (κ3) is 4.94. The first-order chi connectivity index (χ1) is 12.6. The average molecular weight is 364 g/mol. The highest BCUT2D eigenvalue weighted by Crippen LogP contribution is 2.32. The van der Waals surface area contributed by atoms with Gasteiger partial charge in [-0.1, -0.05) is 68.8 Å². The van der Waals surface area contributed by atoms with E-state index in [1.807, 2.05) is 51.1 Å². The van der Waals surface area contributed by atoms with Gasteiger partial charge in [0.25, 0.3) is 0 Å². The van der Waals surface area contributed by atoms with Gasteiger partial charge in [-0.2, -0.15) is 0 Å². The molecule has 142 valence electrons. The molecule has 0 bridgehead atoms. The van der Waals surface area contributed by atoms with Crippen molar-refractivity contribution in [3.05, 3.63) is 75.9 Å². The maximum atomic E-state index is 12.3. The Balaban J connectivity index is 2.63. The molecule has 0 fully saturated rings. The van der Waals surface area contributed by atoms with Crippen LogP contribution < -0.4 is 5.32 Å². The number of hydrogen-bond acceptors (Lipinski definition) is 2. The Morgan fingerprint density at radius 1 is 1.00 bits per heavy atom. The van der Waals surface area contributed by atoms with Gasteiger partial charge in [0, 0.05) is 17.5 Å². The molecule has 0 radical (unpaired) electrons. The summed E-state index contributed by atoms with van der Waals surface area (Å²) in [6.07, 6.45) is 0.865. The molecule has 0 spiro atoms. The Morgan fingerprint density at radius 3 is 2.04 bits per heavy atom. The summed E-state index contributed by atoms with van der Waals surface area (Å²) in [5.74, 6) is -0.0772. The zero-order chi connectivity index (χ0) is 20.2. The van der Waals surface area contributed by atoms with Crippen LogP contribution in [0.2, 0.25) is 0 Å². The van der Waals surface area contributed by atoms with Crippen LogP contribution in [0.5, 0.6) is 0 Å². The molecule has 0 atom stereocenters. The van der Waals surface area contributed by atoms with Crippen LogP contribution in [0.1, 0.15) is 48.6 Å². The number of carbonyl (C=O) groups excluding carboxylic acids is 2. The molecule has 1 amide bonds. The van der Waals surface area contributed by atoms with Crippen molar-refractivity contribution >= 4 is 17.8 Å². The quantitative estimate of drug-likeness (QED) is 0.614. The summed E-state index contributed by atoms with van der Waals surface area (Å²) in [6, 6.07) is 14.1. The third-order valence-corrected chi connectivity index (χ3v) is 4.57. The Hall–Kier alpha value is -2.68. The number of aldehydes is 1. The lowest BCUT2D eigenvalue weighted by atomic mass is 9.86. The molecule has 0 heterocycles. The first-order valence-corrected chi connectivity index (χ1v) is 9.25. The summed E-state index contributed by atoms with van der Waals surface area (Å²) < 4.78 is 0. The summed E-state index contributed by atoms with van der Waals surface area (Å²) in [5.41, 5.74) is 6.41. The van der Waals surface area contributed by atoms with Gasteiger partial charge < -0.3 is 5.32 Å². The number of rotatable bonds is 5. The van der Waals surface area contributed by atoms with Crippen molar-refractivity contribution in [2.75, 3.05) is 6.54 Å². The normalized spacial score (nSPS) is 12.4. The van der Waals surface area contributed by atoms with Gasteiger partial charge in [0.2, 0.25) is 5.91 Å². The van der Waals surface area contributed by atoms with E-state index in [9.17, 15) is 9.59 Å². The van der Waals surface area contributed by atoms with Gasteiger partial charge in [0.05, 0.1) is 0 Å². The molecule has 0 aliphatic carbocycles. The summed E-state index contributed by atoms with van der Waals surface area (Å²) in [7, 11) is 0. The summed E-state index contributed by atoms with van der Waals surface area (Å²) in [6.45, 7) is 12.0. The van der Waals surface area contributed by atoms with Crippen molar-refractivity contribution in [1.82, 2.24) is 5.32 Å². The van der Waals surface area contributed by atoms with Crippen molar-refractivity contribution in [1.29, 1.82) is 0 Å². The molecule has 0 saturated heterocycles. The third-order valence-electron chi connectivity index (χ3n) is 4.57. The molecule has 0 aromatic heterocycles. The van der Waals surface area contributed by atoms with E-state index < -0.39 is 5.41 Å². The second-order valence-corrected chi connectivity index (χ2v) is 8.09. The largest absolute Gasteiger partial charge is 0.351 e. The van der Waals surface area contributed by atoms with Gasteiger partial charge in [0.1, 0.15) is 6.29 Å². The lowest BCUT2D eigenvalue weighted by Crippen LogP contribution is -2.36. The van der Waals surface area contributed by atoms with Gasteiger partial charge in [-0.3, -0.25) is 9.59 Å². The summed E-state index contributed by atoms with van der Waals surface area (Å²) in [4.78, 5) is 24.3. The van der Waals surface area contributed by atoms with Gasteiger partial charge in [0.15, 0.2) is 0 Å². The second kappa shape index (κ2) is 8.34. The van der Waals surface area contributed by atoms with Crippen LogP contribution in [0.3, 0.4) is 0 Å². The van der Waals surface area contributed by atoms with Crippen LogP contribution in [0.4, 0.5) is 0 Å². The lowest BCUT2D eigenvalue weighted by Gasteiger charge is -2.21. The van der Waals surface area contributed by atoms with Gasteiger partial charge in [-0.25, -0.2) is 0 Å². The molecular weight excluding hydrogens is 334 g/mol. The van der Waals surface area contributed by atoms with E-state index in [0.717, 1.165) is 34.1 Å². The highest BCUT2D eigenvalue weighted by atomic mass is 16.2. The number of nitrogens with one attached hydrogen (secondary N) is 1. The van der Waals surface area contributed by atoms with E-state index in [-0.39, 0.29) is 12.5 Å². The van der Waals surface area contributed by atoms with Crippen LogP contribution in [0.15, 0.2) is 48.0 Å². The minimum atomic E-state index is -0.503. The van der Waals surface area contributed by atoms with Crippen molar-refractivity contribution < 1.29 is 9.59 Å². The highest BCUT2D eigenvalue weighted by molar-refractivity contribution is 5.97. The number of benzene rings is 2. The minimum Gasteiger partial charge on any atom is -0.351 e. The summed E-state index contributed by atoms with van der Waals surface area (Å²) in [5, 5.41) is 2.92. The molecule has 1 N–H and O–H groups in total. The molecular formula is C24H29NO2. The Bertz CT molecular complexity index is 848. The molecule has 0 unspecified atom stereocenters. The molecule has 2 rings (SSSR count). The number of hydrogen-bond donors (Lipinski definition) is 1. The molecule has 0 aliphatic heterocycles. The topological polar surface area (TPSA) is 46.2 Å². The van der Waals surface area contributed by atoms with Crippen molar-refractivity contribution in [3.63, 3.8) is 0 Å². The standard InChI is InChI=1S/C24H29NO2/c1-16-12-17(2)21(18(3)13-16)22(19-10-8-7-9-11-19)20(15-26)14-25-23(27)24(4,5)6/h7-13,15H,14H2,1-6H3,(H,25,27)/b22-20-. The fraction of sp³-hybridized carbons (Fsp3) is 0.333. The van der Waals surface area contributed by atoms with Crippen molar-refractivity contribution in [2.24, 2.45) is 5.41 Å². The van der Waals surface area contributed by atoms with Gasteiger partial charge in [-0.15, -0.1) is 0 Å². The Morgan fingerprint density at radius 2 is 1.56 bits per heavy atom. The molecule has 0 aliphatic rings. The maximum absolute atomic E-state index is 12.3. The Labute approximate surface area is 162 Å². The molecule has 3 nitrogen and oxygen atoms in total.